The van der Waals surface area contributed by atoms with Crippen LogP contribution in [0.15, 0.2) is 12.4 Å². The van der Waals surface area contributed by atoms with E-state index < -0.39 is 10.0 Å². The zero-order valence-corrected chi connectivity index (χ0v) is 12.3. The summed E-state index contributed by atoms with van der Waals surface area (Å²) in [5.41, 5.74) is 0.921. The van der Waals surface area contributed by atoms with Crippen molar-refractivity contribution in [3.63, 3.8) is 0 Å². The Bertz CT molecular complexity index is 533. The van der Waals surface area contributed by atoms with Crippen LogP contribution < -0.4 is 5.32 Å². The third-order valence-electron chi connectivity index (χ3n) is 3.60. The number of sulfonamides is 1. The van der Waals surface area contributed by atoms with E-state index in [4.69, 9.17) is 0 Å². The molecule has 1 aromatic heterocycles. The molecule has 2 N–H and O–H groups in total. The van der Waals surface area contributed by atoms with Gasteiger partial charge in [-0.1, -0.05) is 0 Å². The molecule has 0 aliphatic carbocycles. The van der Waals surface area contributed by atoms with E-state index in [2.05, 4.69) is 15.5 Å². The van der Waals surface area contributed by atoms with E-state index in [1.165, 1.54) is 4.31 Å². The number of hydrogen-bond donors (Lipinski definition) is 2. The van der Waals surface area contributed by atoms with E-state index in [1.54, 1.807) is 19.3 Å². The SMILES string of the molecule is CCS(=O)(=O)N1CCC(C(=O)NCc2cn[nH]c2)CC1. The van der Waals surface area contributed by atoms with Crippen molar-refractivity contribution in [2.75, 3.05) is 18.8 Å². The quantitative estimate of drug-likeness (QED) is 0.805. The molecule has 112 valence electrons. The zero-order chi connectivity index (χ0) is 14.6. The standard InChI is InChI=1S/C12H20N4O3S/c1-2-20(18,19)16-5-3-11(4-6-16)12(17)13-7-10-8-14-15-9-10/h8-9,11H,2-7H2,1H3,(H,13,17)(H,14,15). The summed E-state index contributed by atoms with van der Waals surface area (Å²) in [5.74, 6) is -0.00498. The normalized spacial score (nSPS) is 18.1. The number of nitrogens with one attached hydrogen (secondary N) is 2. The molecule has 0 bridgehead atoms. The number of aromatic amines is 1. The number of rotatable bonds is 5. The molecule has 2 heterocycles. The molecule has 1 saturated heterocycles. The maximum atomic E-state index is 12.0. The molecule has 1 fully saturated rings. The Hall–Kier alpha value is -1.41. The summed E-state index contributed by atoms with van der Waals surface area (Å²) in [4.78, 5) is 12.0. The summed E-state index contributed by atoms with van der Waals surface area (Å²) in [5, 5.41) is 9.35. The van der Waals surface area contributed by atoms with Gasteiger partial charge in [0.15, 0.2) is 0 Å². The van der Waals surface area contributed by atoms with Gasteiger partial charge in [0, 0.05) is 37.3 Å². The van der Waals surface area contributed by atoms with E-state index in [-0.39, 0.29) is 17.6 Å². The highest BCUT2D eigenvalue weighted by atomic mass is 32.2. The third-order valence-corrected chi connectivity index (χ3v) is 5.49. The van der Waals surface area contributed by atoms with Crippen molar-refractivity contribution in [1.29, 1.82) is 0 Å². The molecule has 0 radical (unpaired) electrons. The highest BCUT2D eigenvalue weighted by molar-refractivity contribution is 7.89. The molecule has 0 saturated carbocycles. The lowest BCUT2D eigenvalue weighted by Gasteiger charge is -2.30. The van der Waals surface area contributed by atoms with Crippen LogP contribution in [0.4, 0.5) is 0 Å². The Morgan fingerprint density at radius 3 is 2.75 bits per heavy atom. The highest BCUT2D eigenvalue weighted by Crippen LogP contribution is 2.20. The number of hydrogen-bond acceptors (Lipinski definition) is 4. The van der Waals surface area contributed by atoms with Gasteiger partial charge in [-0.15, -0.1) is 0 Å². The minimum absolute atomic E-state index is 0.0141. The van der Waals surface area contributed by atoms with Crippen molar-refractivity contribution in [3.8, 4) is 0 Å². The van der Waals surface area contributed by atoms with Crippen LogP contribution >= 0.6 is 0 Å². The fourth-order valence-electron chi connectivity index (χ4n) is 2.29. The molecule has 8 heteroatoms. The number of amides is 1. The Morgan fingerprint density at radius 2 is 2.20 bits per heavy atom. The summed E-state index contributed by atoms with van der Waals surface area (Å²) < 4.78 is 24.9. The molecule has 20 heavy (non-hydrogen) atoms. The van der Waals surface area contributed by atoms with Gasteiger partial charge in [0.1, 0.15) is 0 Å². The molecule has 7 nitrogen and oxygen atoms in total. The van der Waals surface area contributed by atoms with Gasteiger partial charge in [0.2, 0.25) is 15.9 Å². The van der Waals surface area contributed by atoms with Gasteiger partial charge < -0.3 is 5.32 Å². The highest BCUT2D eigenvalue weighted by Gasteiger charge is 2.29. The molecule has 0 unspecified atom stereocenters. The van der Waals surface area contributed by atoms with Crippen LogP contribution in [0, 0.1) is 5.92 Å². The maximum Gasteiger partial charge on any atom is 0.223 e. The van der Waals surface area contributed by atoms with E-state index in [1.807, 2.05) is 0 Å². The topological polar surface area (TPSA) is 95.2 Å². The number of aromatic nitrogens is 2. The first-order valence-corrected chi connectivity index (χ1v) is 8.37. The van der Waals surface area contributed by atoms with Gasteiger partial charge in [-0.3, -0.25) is 9.89 Å². The Labute approximate surface area is 118 Å². The van der Waals surface area contributed by atoms with E-state index in [0.29, 0.717) is 32.5 Å². The average Bonchev–Trinajstić information content (AvgIpc) is 2.98. The molecule has 2 rings (SSSR count). The molecule has 1 aromatic rings. The van der Waals surface area contributed by atoms with Crippen LogP contribution in [0.2, 0.25) is 0 Å². The van der Waals surface area contributed by atoms with Gasteiger partial charge in [-0.25, -0.2) is 12.7 Å². The number of carbonyl (C=O) groups is 1. The minimum atomic E-state index is -3.13. The second-order valence-electron chi connectivity index (χ2n) is 4.90. The number of piperidine rings is 1. The largest absolute Gasteiger partial charge is 0.352 e. The Morgan fingerprint density at radius 1 is 1.50 bits per heavy atom. The average molecular weight is 300 g/mol. The van der Waals surface area contributed by atoms with Crippen molar-refractivity contribution in [2.24, 2.45) is 5.92 Å². The molecular formula is C12H20N4O3S. The smallest absolute Gasteiger partial charge is 0.223 e. The van der Waals surface area contributed by atoms with E-state index >= 15 is 0 Å². The number of nitrogens with zero attached hydrogens (tertiary/aromatic N) is 2. The van der Waals surface area contributed by atoms with Crippen molar-refractivity contribution in [3.05, 3.63) is 18.0 Å². The number of H-pyrrole nitrogens is 1. The van der Waals surface area contributed by atoms with Crippen LogP contribution in [-0.4, -0.2) is 47.7 Å². The molecular weight excluding hydrogens is 280 g/mol. The van der Waals surface area contributed by atoms with Crippen LogP contribution in [0.3, 0.4) is 0 Å². The van der Waals surface area contributed by atoms with Gasteiger partial charge in [-0.05, 0) is 19.8 Å². The maximum absolute atomic E-state index is 12.0. The molecule has 0 atom stereocenters. The summed E-state index contributed by atoms with van der Waals surface area (Å²) >= 11 is 0. The van der Waals surface area contributed by atoms with Gasteiger partial charge in [0.05, 0.1) is 11.9 Å². The summed E-state index contributed by atoms with van der Waals surface area (Å²) in [6, 6.07) is 0. The lowest BCUT2D eigenvalue weighted by atomic mass is 9.97. The van der Waals surface area contributed by atoms with Crippen molar-refractivity contribution in [1.82, 2.24) is 19.8 Å². The lowest BCUT2D eigenvalue weighted by Crippen LogP contribution is -2.43. The Balaban J connectivity index is 1.80. The zero-order valence-electron chi connectivity index (χ0n) is 11.5. The van der Waals surface area contributed by atoms with Crippen molar-refractivity contribution in [2.45, 2.75) is 26.3 Å². The fourth-order valence-corrected chi connectivity index (χ4v) is 3.42. The van der Waals surface area contributed by atoms with E-state index in [9.17, 15) is 13.2 Å². The summed E-state index contributed by atoms with van der Waals surface area (Å²) in [6.07, 6.45) is 4.56. The molecule has 0 aromatic carbocycles. The fraction of sp³-hybridized carbons (Fsp3) is 0.667. The Kier molecular flexibility index (Phi) is 4.77. The van der Waals surface area contributed by atoms with Gasteiger partial charge in [-0.2, -0.15) is 5.10 Å². The predicted molar refractivity (Wildman–Crippen MR) is 74.2 cm³/mol. The second-order valence-corrected chi connectivity index (χ2v) is 7.16. The lowest BCUT2D eigenvalue weighted by molar-refractivity contribution is -0.126. The van der Waals surface area contributed by atoms with E-state index in [0.717, 1.165) is 5.56 Å². The predicted octanol–water partition coefficient (Wildman–Crippen LogP) is 0.0876. The molecule has 1 amide bonds. The first-order chi connectivity index (χ1) is 9.53. The van der Waals surface area contributed by atoms with Crippen molar-refractivity contribution < 1.29 is 13.2 Å². The molecule has 0 spiro atoms. The second kappa shape index (κ2) is 6.36. The summed E-state index contributed by atoms with van der Waals surface area (Å²) in [6.45, 7) is 2.95. The van der Waals surface area contributed by atoms with Crippen LogP contribution in [0.5, 0.6) is 0 Å². The van der Waals surface area contributed by atoms with Crippen LogP contribution in [0.1, 0.15) is 25.3 Å². The molecule has 1 aliphatic heterocycles. The first kappa shape index (κ1) is 15.0. The molecule has 1 aliphatic rings. The van der Waals surface area contributed by atoms with Crippen molar-refractivity contribution >= 4 is 15.9 Å². The van der Waals surface area contributed by atoms with Crippen LogP contribution in [0.25, 0.3) is 0 Å². The summed E-state index contributed by atoms with van der Waals surface area (Å²) in [7, 11) is -3.13. The minimum Gasteiger partial charge on any atom is -0.352 e. The van der Waals surface area contributed by atoms with Gasteiger partial charge >= 0.3 is 0 Å². The number of carbonyl (C=O) groups excluding carboxylic acids is 1. The van der Waals surface area contributed by atoms with Crippen LogP contribution in [-0.2, 0) is 21.4 Å². The monoisotopic (exact) mass is 300 g/mol. The first-order valence-electron chi connectivity index (χ1n) is 6.76. The van der Waals surface area contributed by atoms with Gasteiger partial charge in [0.25, 0.3) is 0 Å². The third kappa shape index (κ3) is 3.57.